The molecule has 7 nitrogen and oxygen atoms in total. The molecular formula is C22H34IN7. The number of nitrogens with zero attached hydrogens (tertiary/aromatic N) is 6. The molecule has 4 rings (SSSR count). The first kappa shape index (κ1) is 23.0. The van der Waals surface area contributed by atoms with E-state index in [0.29, 0.717) is 12.6 Å². The Balaban J connectivity index is 0.00000256. The maximum Gasteiger partial charge on any atom is 0.194 e. The van der Waals surface area contributed by atoms with E-state index in [2.05, 4.69) is 55.6 Å². The van der Waals surface area contributed by atoms with Gasteiger partial charge in [-0.1, -0.05) is 43.2 Å². The molecule has 1 saturated heterocycles. The Bertz CT molecular complexity index is 806. The summed E-state index contributed by atoms with van der Waals surface area (Å²) in [7, 11) is 2.01. The Labute approximate surface area is 197 Å². The van der Waals surface area contributed by atoms with Crippen LogP contribution in [0.3, 0.4) is 0 Å². The zero-order valence-corrected chi connectivity index (χ0v) is 20.5. The first-order valence-corrected chi connectivity index (χ1v) is 10.9. The molecule has 0 amide bonds. The van der Waals surface area contributed by atoms with Crippen LogP contribution in [-0.2, 0) is 20.1 Å². The minimum atomic E-state index is 0. The number of rotatable bonds is 5. The summed E-state index contributed by atoms with van der Waals surface area (Å²) in [6, 6.07) is 11.3. The number of hydrogen-bond acceptors (Lipinski definition) is 4. The highest BCUT2D eigenvalue weighted by atomic mass is 127. The number of aromatic nitrogens is 3. The highest BCUT2D eigenvalue weighted by molar-refractivity contribution is 14.0. The molecule has 1 N–H and O–H groups in total. The average Bonchev–Trinajstić information content (AvgIpc) is 3.37. The maximum atomic E-state index is 4.95. The van der Waals surface area contributed by atoms with Gasteiger partial charge in [-0.2, -0.15) is 0 Å². The van der Waals surface area contributed by atoms with Crippen molar-refractivity contribution in [3.8, 4) is 0 Å². The van der Waals surface area contributed by atoms with Crippen molar-refractivity contribution in [2.75, 3.05) is 26.2 Å². The number of benzene rings is 1. The first-order valence-electron chi connectivity index (χ1n) is 10.9. The fourth-order valence-electron chi connectivity index (χ4n) is 4.18. The monoisotopic (exact) mass is 523 g/mol. The van der Waals surface area contributed by atoms with Crippen LogP contribution in [0.25, 0.3) is 0 Å². The predicted octanol–water partition coefficient (Wildman–Crippen LogP) is 2.95. The van der Waals surface area contributed by atoms with Crippen molar-refractivity contribution in [2.45, 2.75) is 51.7 Å². The smallest absolute Gasteiger partial charge is 0.194 e. The quantitative estimate of drug-likeness (QED) is 0.371. The van der Waals surface area contributed by atoms with E-state index in [1.165, 1.54) is 31.2 Å². The van der Waals surface area contributed by atoms with E-state index in [0.717, 1.165) is 50.3 Å². The molecule has 2 aromatic rings. The van der Waals surface area contributed by atoms with Crippen LogP contribution in [0, 0.1) is 6.92 Å². The molecule has 0 radical (unpaired) electrons. The van der Waals surface area contributed by atoms with Gasteiger partial charge in [0.05, 0.1) is 0 Å². The molecule has 2 heterocycles. The Morgan fingerprint density at radius 1 is 1.07 bits per heavy atom. The molecule has 1 aliphatic carbocycles. The number of aliphatic imine (C=N–C) groups is 1. The van der Waals surface area contributed by atoms with Gasteiger partial charge in [0.15, 0.2) is 11.8 Å². The summed E-state index contributed by atoms with van der Waals surface area (Å²) in [5, 5.41) is 12.2. The van der Waals surface area contributed by atoms with Crippen molar-refractivity contribution in [3.05, 3.63) is 47.5 Å². The Hall–Kier alpha value is -1.68. The normalized spacial score (nSPS) is 18.5. The van der Waals surface area contributed by atoms with Crippen molar-refractivity contribution in [2.24, 2.45) is 12.0 Å². The molecule has 0 bridgehead atoms. The van der Waals surface area contributed by atoms with Crippen LogP contribution in [0.5, 0.6) is 0 Å². The molecular weight excluding hydrogens is 489 g/mol. The number of aryl methyl sites for hydroxylation is 1. The van der Waals surface area contributed by atoms with E-state index in [4.69, 9.17) is 4.99 Å². The zero-order chi connectivity index (χ0) is 20.1. The van der Waals surface area contributed by atoms with Crippen LogP contribution in [0.2, 0.25) is 0 Å². The van der Waals surface area contributed by atoms with Crippen molar-refractivity contribution in [3.63, 3.8) is 0 Å². The first-order chi connectivity index (χ1) is 14.2. The summed E-state index contributed by atoms with van der Waals surface area (Å²) in [6.07, 6.45) is 5.13. The molecule has 2 aliphatic rings. The van der Waals surface area contributed by atoms with Gasteiger partial charge in [0, 0.05) is 45.8 Å². The molecule has 0 spiro atoms. The van der Waals surface area contributed by atoms with Crippen LogP contribution in [-0.4, -0.2) is 62.7 Å². The lowest BCUT2D eigenvalue weighted by Crippen LogP contribution is -2.53. The van der Waals surface area contributed by atoms with Crippen LogP contribution < -0.4 is 5.32 Å². The second-order valence-electron chi connectivity index (χ2n) is 8.24. The van der Waals surface area contributed by atoms with Gasteiger partial charge in [-0.25, -0.2) is 4.99 Å². The number of halogens is 1. The van der Waals surface area contributed by atoms with E-state index in [1.807, 2.05) is 18.5 Å². The Morgan fingerprint density at radius 3 is 2.40 bits per heavy atom. The summed E-state index contributed by atoms with van der Waals surface area (Å²) in [5.74, 6) is 2.88. The SMILES string of the molecule is Cc1nnc(CN=C(NC2CCCC2)N2CCN(Cc3ccccc3)CC2)n1C.I. The maximum absolute atomic E-state index is 4.95. The molecule has 1 aromatic carbocycles. The third-order valence-corrected chi connectivity index (χ3v) is 6.16. The van der Waals surface area contributed by atoms with Crippen LogP contribution in [0.15, 0.2) is 35.3 Å². The lowest BCUT2D eigenvalue weighted by Gasteiger charge is -2.37. The van der Waals surface area contributed by atoms with Crippen LogP contribution in [0.1, 0.15) is 42.9 Å². The van der Waals surface area contributed by atoms with Crippen molar-refractivity contribution in [1.29, 1.82) is 0 Å². The average molecular weight is 523 g/mol. The second kappa shape index (κ2) is 11.1. The molecule has 0 atom stereocenters. The highest BCUT2D eigenvalue weighted by Gasteiger charge is 2.23. The Morgan fingerprint density at radius 2 is 1.77 bits per heavy atom. The summed E-state index contributed by atoms with van der Waals surface area (Å²) in [6.45, 7) is 7.69. The molecule has 2 fully saturated rings. The third kappa shape index (κ3) is 5.94. The van der Waals surface area contributed by atoms with Crippen molar-refractivity contribution in [1.82, 2.24) is 29.9 Å². The summed E-state index contributed by atoms with van der Waals surface area (Å²) < 4.78 is 2.02. The van der Waals surface area contributed by atoms with E-state index >= 15 is 0 Å². The number of hydrogen-bond donors (Lipinski definition) is 1. The molecule has 0 unspecified atom stereocenters. The molecule has 1 saturated carbocycles. The molecule has 164 valence electrons. The minimum absolute atomic E-state index is 0. The van der Waals surface area contributed by atoms with Crippen molar-refractivity contribution >= 4 is 29.9 Å². The molecule has 1 aromatic heterocycles. The van der Waals surface area contributed by atoms with Gasteiger partial charge < -0.3 is 14.8 Å². The molecule has 8 heteroatoms. The van der Waals surface area contributed by atoms with Gasteiger partial charge in [-0.05, 0) is 25.3 Å². The van der Waals surface area contributed by atoms with Gasteiger partial charge in [-0.3, -0.25) is 4.90 Å². The van der Waals surface area contributed by atoms with Crippen LogP contribution >= 0.6 is 24.0 Å². The lowest BCUT2D eigenvalue weighted by molar-refractivity contribution is 0.171. The van der Waals surface area contributed by atoms with E-state index in [-0.39, 0.29) is 24.0 Å². The van der Waals surface area contributed by atoms with Gasteiger partial charge in [-0.15, -0.1) is 34.2 Å². The van der Waals surface area contributed by atoms with E-state index in [9.17, 15) is 0 Å². The lowest BCUT2D eigenvalue weighted by atomic mass is 10.2. The summed E-state index contributed by atoms with van der Waals surface area (Å²) in [5.41, 5.74) is 1.39. The number of piperazine rings is 1. The number of guanidine groups is 1. The second-order valence-corrected chi connectivity index (χ2v) is 8.24. The Kier molecular flexibility index (Phi) is 8.50. The highest BCUT2D eigenvalue weighted by Crippen LogP contribution is 2.18. The summed E-state index contributed by atoms with van der Waals surface area (Å²) >= 11 is 0. The zero-order valence-electron chi connectivity index (χ0n) is 18.1. The van der Waals surface area contributed by atoms with E-state index in [1.54, 1.807) is 0 Å². The van der Waals surface area contributed by atoms with Gasteiger partial charge >= 0.3 is 0 Å². The van der Waals surface area contributed by atoms with Crippen molar-refractivity contribution < 1.29 is 0 Å². The largest absolute Gasteiger partial charge is 0.353 e. The van der Waals surface area contributed by atoms with Gasteiger partial charge in [0.1, 0.15) is 12.4 Å². The fourth-order valence-corrected chi connectivity index (χ4v) is 4.18. The van der Waals surface area contributed by atoms with E-state index < -0.39 is 0 Å². The topological polar surface area (TPSA) is 61.6 Å². The standard InChI is InChI=1S/C22H33N7.HI/c1-18-25-26-21(27(18)2)16-23-22(24-20-10-6-7-11-20)29-14-12-28(13-15-29)17-19-8-4-3-5-9-19;/h3-5,8-9,20H,6-7,10-17H2,1-2H3,(H,23,24);1H. The molecule has 1 aliphatic heterocycles. The predicted molar refractivity (Wildman–Crippen MR) is 131 cm³/mol. The van der Waals surface area contributed by atoms with Gasteiger partial charge in [0.2, 0.25) is 0 Å². The molecule has 30 heavy (non-hydrogen) atoms. The summed E-state index contributed by atoms with van der Waals surface area (Å²) in [4.78, 5) is 9.91. The van der Waals surface area contributed by atoms with Gasteiger partial charge in [0.25, 0.3) is 0 Å². The number of nitrogens with one attached hydrogen (secondary N) is 1. The third-order valence-electron chi connectivity index (χ3n) is 6.16. The van der Waals surface area contributed by atoms with Crippen LogP contribution in [0.4, 0.5) is 0 Å². The fraction of sp³-hybridized carbons (Fsp3) is 0.591. The minimum Gasteiger partial charge on any atom is -0.353 e.